The molecule has 6 heavy (non-hydrogen) atoms. The zero-order chi connectivity index (χ0) is 4.41. The molecule has 0 bridgehead atoms. The highest BCUT2D eigenvalue weighted by atomic mass is 31.1. The summed E-state index contributed by atoms with van der Waals surface area (Å²) in [4.78, 5) is 10.0. The first-order valence-electron chi connectivity index (χ1n) is 1.50. The van der Waals surface area contributed by atoms with E-state index in [4.69, 9.17) is 0 Å². The average molecular weight is 99.0 g/mol. The predicted octanol–water partition coefficient (Wildman–Crippen LogP) is 0.303. The van der Waals surface area contributed by atoms with Gasteiger partial charge in [0.25, 0.3) is 0 Å². The Morgan fingerprint density at radius 1 is 1.83 bits per heavy atom. The van der Waals surface area contributed by atoms with Gasteiger partial charge in [0.1, 0.15) is 0 Å². The Balaban J connectivity index is 2.86. The van der Waals surface area contributed by atoms with Crippen LogP contribution in [-0.4, -0.2) is 17.8 Å². The number of hydrogen-bond donors (Lipinski definition) is 0. The van der Waals surface area contributed by atoms with Gasteiger partial charge in [-0.3, -0.25) is 4.79 Å². The van der Waals surface area contributed by atoms with Crippen LogP contribution in [0.1, 0.15) is 0 Å². The van der Waals surface area contributed by atoms with Crippen molar-refractivity contribution in [1.29, 1.82) is 0 Å². The molecule has 0 saturated carbocycles. The Kier molecular flexibility index (Phi) is 0.807. The molecule has 1 aliphatic heterocycles. The first-order chi connectivity index (χ1) is 2.89. The van der Waals surface area contributed by atoms with E-state index in [-0.39, 0.29) is 5.78 Å². The molecule has 0 aromatic heterocycles. The predicted molar refractivity (Wildman–Crippen MR) is 26.5 cm³/mol. The smallest absolute Gasteiger partial charge is 0.203 e. The van der Waals surface area contributed by atoms with E-state index in [1.165, 1.54) is 12.0 Å². The minimum absolute atomic E-state index is 0.0247. The second kappa shape index (κ2) is 1.31. The summed E-state index contributed by atoms with van der Waals surface area (Å²) in [5, 5.41) is 0. The van der Waals surface area contributed by atoms with Crippen LogP contribution in [0.2, 0.25) is 0 Å². The molecule has 0 aromatic rings. The fraction of sp³-hybridized carbons (Fsp3) is 0. The molecule has 30 valence electrons. The second-order valence-electron chi connectivity index (χ2n) is 0.892. The number of rotatable bonds is 0. The van der Waals surface area contributed by atoms with Crippen LogP contribution in [0.4, 0.5) is 0 Å². The minimum Gasteiger partial charge on any atom is -0.288 e. The third-order valence-corrected chi connectivity index (χ3v) is 1.06. The summed E-state index contributed by atoms with van der Waals surface area (Å²) in [6.45, 7) is 0. The van der Waals surface area contributed by atoms with Gasteiger partial charge in [0.05, 0.1) is 6.21 Å². The molecule has 0 spiro atoms. The third-order valence-electron chi connectivity index (χ3n) is 0.437. The Morgan fingerprint density at radius 2 is 2.67 bits per heavy atom. The fourth-order valence-electron chi connectivity index (χ4n) is 0.214. The van der Waals surface area contributed by atoms with Crippen molar-refractivity contribution in [2.75, 3.05) is 0 Å². The maximum atomic E-state index is 10.0. The number of ketones is 1. The van der Waals surface area contributed by atoms with Gasteiger partial charge in [0.2, 0.25) is 5.78 Å². The summed E-state index contributed by atoms with van der Waals surface area (Å²) in [6.07, 6.45) is 1.32. The lowest BCUT2D eigenvalue weighted by molar-refractivity contribution is -0.106. The van der Waals surface area contributed by atoms with Crippen molar-refractivity contribution >= 4 is 26.1 Å². The summed E-state index contributed by atoms with van der Waals surface area (Å²) in [7, 11) is 0.780. The molecule has 0 N–H and O–H groups in total. The van der Waals surface area contributed by atoms with Gasteiger partial charge in [-0.15, -0.1) is 0 Å². The van der Waals surface area contributed by atoms with Crippen molar-refractivity contribution in [2.24, 2.45) is 4.76 Å². The summed E-state index contributed by atoms with van der Waals surface area (Å²) in [5.74, 6) is 1.54. The van der Waals surface area contributed by atoms with Gasteiger partial charge in [-0.2, -0.15) is 0 Å². The standard InChI is InChI=1S/C3H2NOP/c5-3-1-4-6-2-3/h1-2H. The Hall–Kier alpha value is -0.490. The van der Waals surface area contributed by atoms with Crippen molar-refractivity contribution < 1.29 is 4.79 Å². The zero-order valence-electron chi connectivity index (χ0n) is 2.96. The van der Waals surface area contributed by atoms with Crippen LogP contribution in [0.25, 0.3) is 0 Å². The molecular formula is C3H2NOP. The van der Waals surface area contributed by atoms with Crippen LogP contribution in [0.5, 0.6) is 0 Å². The SMILES string of the molecule is O=C1C=NP=C1. The summed E-state index contributed by atoms with van der Waals surface area (Å²) in [5.41, 5.74) is 0. The zero-order valence-corrected chi connectivity index (χ0v) is 3.85. The largest absolute Gasteiger partial charge is 0.288 e. The monoisotopic (exact) mass is 99.0 g/mol. The molecule has 3 heteroatoms. The number of carbonyl (C=O) groups is 1. The van der Waals surface area contributed by atoms with Crippen LogP contribution >= 0.6 is 8.35 Å². The molecule has 1 aliphatic rings. The van der Waals surface area contributed by atoms with Crippen molar-refractivity contribution in [3.05, 3.63) is 0 Å². The normalized spacial score (nSPS) is 19.7. The van der Waals surface area contributed by atoms with Gasteiger partial charge in [0, 0.05) is 14.2 Å². The Morgan fingerprint density at radius 3 is 2.83 bits per heavy atom. The maximum absolute atomic E-state index is 10.0. The summed E-state index contributed by atoms with van der Waals surface area (Å²) >= 11 is 0. The van der Waals surface area contributed by atoms with Gasteiger partial charge in [-0.25, -0.2) is 4.76 Å². The number of carbonyl (C=O) groups excluding carboxylic acids is 1. The first kappa shape index (κ1) is 3.69. The molecule has 0 atom stereocenters. The number of hydrogen-bond acceptors (Lipinski definition) is 2. The number of nitrogens with zero attached hydrogens (tertiary/aromatic N) is 1. The highest BCUT2D eigenvalue weighted by Crippen LogP contribution is 1.97. The van der Waals surface area contributed by atoms with E-state index in [2.05, 4.69) is 4.76 Å². The van der Waals surface area contributed by atoms with Crippen LogP contribution in [0.3, 0.4) is 0 Å². The lowest BCUT2D eigenvalue weighted by Gasteiger charge is -1.58. The van der Waals surface area contributed by atoms with Crippen LogP contribution in [0.15, 0.2) is 4.76 Å². The summed E-state index contributed by atoms with van der Waals surface area (Å²) < 4.78 is 3.61. The lowest BCUT2D eigenvalue weighted by Crippen LogP contribution is -1.91. The quantitative estimate of drug-likeness (QED) is 0.401. The Bertz CT molecular complexity index is 113. The van der Waals surface area contributed by atoms with Gasteiger partial charge in [-0.1, -0.05) is 0 Å². The van der Waals surface area contributed by atoms with Crippen molar-refractivity contribution in [2.45, 2.75) is 0 Å². The van der Waals surface area contributed by atoms with E-state index in [9.17, 15) is 4.79 Å². The van der Waals surface area contributed by atoms with Gasteiger partial charge >= 0.3 is 0 Å². The van der Waals surface area contributed by atoms with E-state index in [1.54, 1.807) is 0 Å². The average Bonchev–Trinajstić information content (AvgIpc) is 1.86. The van der Waals surface area contributed by atoms with E-state index in [0.29, 0.717) is 0 Å². The van der Waals surface area contributed by atoms with E-state index in [1.807, 2.05) is 0 Å². The number of Topliss-reactive ketones (excluding diaryl/α,β-unsaturated/α-hetero) is 1. The molecule has 1 heterocycles. The molecule has 2 nitrogen and oxygen atoms in total. The molecule has 0 saturated heterocycles. The molecule has 0 unspecified atom stereocenters. The molecule has 0 radical (unpaired) electrons. The van der Waals surface area contributed by atoms with Gasteiger partial charge in [-0.05, 0) is 0 Å². The lowest BCUT2D eigenvalue weighted by atomic mass is 10.5. The molecule has 1 rings (SSSR count). The fourth-order valence-corrected chi connectivity index (χ4v) is 0.641. The molecule has 0 aliphatic carbocycles. The van der Waals surface area contributed by atoms with Crippen molar-refractivity contribution in [3.8, 4) is 0 Å². The van der Waals surface area contributed by atoms with Crippen LogP contribution < -0.4 is 0 Å². The van der Waals surface area contributed by atoms with Crippen LogP contribution in [-0.2, 0) is 4.79 Å². The van der Waals surface area contributed by atoms with Crippen molar-refractivity contribution in [3.63, 3.8) is 0 Å². The van der Waals surface area contributed by atoms with Crippen molar-refractivity contribution in [1.82, 2.24) is 0 Å². The molecule has 0 aromatic carbocycles. The maximum Gasteiger partial charge on any atom is 0.203 e. The van der Waals surface area contributed by atoms with Crippen LogP contribution in [0, 0.1) is 0 Å². The third kappa shape index (κ3) is 0.522. The van der Waals surface area contributed by atoms with E-state index in [0.717, 1.165) is 8.35 Å². The van der Waals surface area contributed by atoms with Gasteiger partial charge in [0.15, 0.2) is 0 Å². The van der Waals surface area contributed by atoms with E-state index >= 15 is 0 Å². The minimum atomic E-state index is 0.0247. The van der Waals surface area contributed by atoms with E-state index < -0.39 is 0 Å². The molecule has 0 fully saturated rings. The highest BCUT2D eigenvalue weighted by molar-refractivity contribution is 7.42. The first-order valence-corrected chi connectivity index (χ1v) is 2.41. The topological polar surface area (TPSA) is 29.4 Å². The highest BCUT2D eigenvalue weighted by Gasteiger charge is 1.91. The molecular weight excluding hydrogens is 97.0 g/mol. The molecule has 0 amide bonds. The van der Waals surface area contributed by atoms with Gasteiger partial charge < -0.3 is 0 Å². The summed E-state index contributed by atoms with van der Waals surface area (Å²) in [6, 6.07) is 0. The second-order valence-corrected chi connectivity index (χ2v) is 1.61. The Labute approximate surface area is 36.7 Å².